The van der Waals surface area contributed by atoms with Crippen LogP contribution in [0.2, 0.25) is 0 Å². The monoisotopic (exact) mass is 994 g/mol. The van der Waals surface area contributed by atoms with Gasteiger partial charge in [0.05, 0.1) is 31.8 Å². The third-order valence-corrected chi connectivity index (χ3v) is 11.2. The number of hydrogen-bond acceptors (Lipinski definition) is 13. The Labute approximate surface area is 407 Å². The van der Waals surface area contributed by atoms with Crippen LogP contribution >= 0.6 is 0 Å². The average molecular weight is 995 g/mol. The summed E-state index contributed by atoms with van der Waals surface area (Å²) in [6.07, 6.45) is -0.766. The van der Waals surface area contributed by atoms with Gasteiger partial charge >= 0.3 is 23.9 Å². The highest BCUT2D eigenvalue weighted by atomic mass is 16.4. The summed E-state index contributed by atoms with van der Waals surface area (Å²) in [4.78, 5) is 145. The maximum atomic E-state index is 14.4. The number of benzene rings is 2. The van der Waals surface area contributed by atoms with Crippen molar-refractivity contribution >= 4 is 76.1 Å². The number of unbranched alkanes of at least 4 members (excludes halogenated alkanes) is 1. The maximum Gasteiger partial charge on any atom is 0.326 e. The van der Waals surface area contributed by atoms with Crippen molar-refractivity contribution in [3.05, 3.63) is 71.9 Å². The fraction of sp³-hybridized carbons (Fsp3) is 0.457. The van der Waals surface area contributed by atoms with E-state index in [9.17, 15) is 68.1 Å². The van der Waals surface area contributed by atoms with Crippen LogP contribution in [0.1, 0.15) is 69.9 Å². The first-order valence-corrected chi connectivity index (χ1v) is 22.6. The number of para-hydroxylation sites is 1. The molecule has 0 unspecified atom stereocenters. The number of carbonyl (C=O) groups excluding carboxylic acids is 7. The predicted molar refractivity (Wildman–Crippen MR) is 251 cm³/mol. The fourth-order valence-corrected chi connectivity index (χ4v) is 7.10. The largest absolute Gasteiger partial charge is 0.481 e. The first kappa shape index (κ1) is 57.4. The second-order valence-electron chi connectivity index (χ2n) is 16.7. The van der Waals surface area contributed by atoms with E-state index in [0.29, 0.717) is 34.9 Å². The molecule has 71 heavy (non-hydrogen) atoms. The molecule has 0 aliphatic heterocycles. The maximum absolute atomic E-state index is 14.4. The zero-order valence-corrected chi connectivity index (χ0v) is 39.1. The van der Waals surface area contributed by atoms with Crippen LogP contribution < -0.4 is 48.7 Å². The standard InChI is InChI=1S/C46H62N10O15/c1-3-24(2)39(48)45(69)55-33(20-37(60)61)44(68)53-31(18-26-22-49-28-14-8-7-13-27(26)28)43(67)52-30(17-25-11-5-4-6-12-25)42(66)54-32(19-36(58)59)40(64)50-23-35(57)51-29(15-9-10-16-47)41(65)56-34(46(70)71)21-38(62)63/h4-8,11-14,22,24,29-34,39,49H,3,9-10,15-21,23,47-48H2,1-2H3,(H,50,64)(H,51,57)(H,52,67)(H,53,68)(H,54,66)(H,55,69)(H,56,65)(H,58,59)(H,60,61)(H,62,63)(H,70,71)/t24-,29-,30-,31-,32-,33-,34-,39-/m0/s1. The van der Waals surface area contributed by atoms with Crippen molar-refractivity contribution in [3.63, 3.8) is 0 Å². The van der Waals surface area contributed by atoms with Crippen LogP contribution in [0.3, 0.4) is 0 Å². The highest BCUT2D eigenvalue weighted by Gasteiger charge is 2.35. The van der Waals surface area contributed by atoms with Crippen molar-refractivity contribution in [1.29, 1.82) is 0 Å². The Kier molecular flexibility index (Phi) is 23.1. The Morgan fingerprint density at radius 2 is 1.07 bits per heavy atom. The number of aliphatic carboxylic acids is 4. The molecule has 7 amide bonds. The molecule has 386 valence electrons. The van der Waals surface area contributed by atoms with Gasteiger partial charge in [-0.3, -0.25) is 47.9 Å². The highest BCUT2D eigenvalue weighted by Crippen LogP contribution is 2.20. The van der Waals surface area contributed by atoms with Gasteiger partial charge in [0.1, 0.15) is 36.3 Å². The van der Waals surface area contributed by atoms with Crippen molar-refractivity contribution in [2.24, 2.45) is 17.4 Å². The predicted octanol–water partition coefficient (Wildman–Crippen LogP) is -2.01. The minimum Gasteiger partial charge on any atom is -0.481 e. The molecule has 0 fully saturated rings. The Morgan fingerprint density at radius 3 is 1.65 bits per heavy atom. The molecule has 25 heteroatoms. The number of rotatable bonds is 31. The second kappa shape index (κ2) is 28.5. The molecule has 16 N–H and O–H groups in total. The van der Waals surface area contributed by atoms with Crippen molar-refractivity contribution in [2.45, 2.75) is 114 Å². The molecule has 25 nitrogen and oxygen atoms in total. The molecule has 0 spiro atoms. The molecule has 2 aromatic carbocycles. The van der Waals surface area contributed by atoms with Crippen molar-refractivity contribution < 1.29 is 73.2 Å². The number of amides is 7. The minimum atomic E-state index is -1.89. The van der Waals surface area contributed by atoms with Crippen LogP contribution in [-0.2, 0) is 65.6 Å². The quantitative estimate of drug-likeness (QED) is 0.0310. The van der Waals surface area contributed by atoms with E-state index < -0.39 is 133 Å². The molecule has 0 radical (unpaired) electrons. The van der Waals surface area contributed by atoms with Crippen LogP contribution in [0.25, 0.3) is 10.9 Å². The Bertz CT molecular complexity index is 2380. The average Bonchev–Trinajstić information content (AvgIpc) is 3.73. The molecule has 0 saturated heterocycles. The number of nitrogens with two attached hydrogens (primary N) is 2. The summed E-state index contributed by atoms with van der Waals surface area (Å²) < 4.78 is 0. The zero-order chi connectivity index (χ0) is 52.8. The number of aromatic amines is 1. The van der Waals surface area contributed by atoms with Crippen LogP contribution in [0.5, 0.6) is 0 Å². The molecule has 0 bridgehead atoms. The Balaban J connectivity index is 1.91. The Morgan fingerprint density at radius 1 is 0.577 bits per heavy atom. The van der Waals surface area contributed by atoms with Gasteiger partial charge in [-0.25, -0.2) is 4.79 Å². The lowest BCUT2D eigenvalue weighted by Gasteiger charge is -2.27. The first-order valence-electron chi connectivity index (χ1n) is 22.6. The van der Waals surface area contributed by atoms with E-state index in [2.05, 4.69) is 42.2 Å². The fourth-order valence-electron chi connectivity index (χ4n) is 7.10. The Hall–Kier alpha value is -7.93. The topological polar surface area (TPSA) is 421 Å². The van der Waals surface area contributed by atoms with Crippen molar-refractivity contribution in [1.82, 2.24) is 42.2 Å². The number of H-pyrrole nitrogens is 1. The van der Waals surface area contributed by atoms with Gasteiger partial charge in [-0.1, -0.05) is 68.8 Å². The van der Waals surface area contributed by atoms with E-state index in [1.54, 1.807) is 74.6 Å². The minimum absolute atomic E-state index is 0.0762. The number of carboxylic acid groups (broad SMARTS) is 4. The molecule has 0 saturated carbocycles. The van der Waals surface area contributed by atoms with Crippen LogP contribution in [0.15, 0.2) is 60.8 Å². The lowest BCUT2D eigenvalue weighted by Crippen LogP contribution is -2.60. The van der Waals surface area contributed by atoms with E-state index in [-0.39, 0.29) is 38.1 Å². The summed E-state index contributed by atoms with van der Waals surface area (Å²) in [5.41, 5.74) is 13.2. The number of hydrogen-bond donors (Lipinski definition) is 14. The van der Waals surface area contributed by atoms with E-state index >= 15 is 0 Å². The molecule has 1 heterocycles. The van der Waals surface area contributed by atoms with Gasteiger partial charge in [0.25, 0.3) is 0 Å². The third kappa shape index (κ3) is 19.2. The summed E-state index contributed by atoms with van der Waals surface area (Å²) >= 11 is 0. The number of aromatic nitrogens is 1. The van der Waals surface area contributed by atoms with Crippen LogP contribution in [-0.4, -0.2) is 146 Å². The van der Waals surface area contributed by atoms with Gasteiger partial charge in [-0.15, -0.1) is 0 Å². The van der Waals surface area contributed by atoms with Gasteiger partial charge in [-0.2, -0.15) is 0 Å². The summed E-state index contributed by atoms with van der Waals surface area (Å²) in [6, 6.07) is 4.04. The number of fused-ring (bicyclic) bond motifs is 1. The van der Waals surface area contributed by atoms with E-state index in [1.807, 2.05) is 0 Å². The van der Waals surface area contributed by atoms with Gasteiger partial charge in [0.15, 0.2) is 0 Å². The van der Waals surface area contributed by atoms with Crippen molar-refractivity contribution in [3.8, 4) is 0 Å². The number of carboxylic acids is 4. The second-order valence-corrected chi connectivity index (χ2v) is 16.7. The van der Waals surface area contributed by atoms with Gasteiger partial charge in [0.2, 0.25) is 41.4 Å². The first-order chi connectivity index (χ1) is 33.6. The summed E-state index contributed by atoms with van der Waals surface area (Å²) in [7, 11) is 0. The summed E-state index contributed by atoms with van der Waals surface area (Å²) in [5, 5.41) is 54.8. The van der Waals surface area contributed by atoms with E-state index in [4.69, 9.17) is 16.6 Å². The SMILES string of the molecule is CC[C@H](C)[C@H](N)C(=O)N[C@@H](CC(=O)O)C(=O)N[C@@H](Cc1c[nH]c2ccccc12)C(=O)N[C@@H](Cc1ccccc1)C(=O)N[C@@H](CC(=O)O)C(=O)NCC(=O)N[C@@H](CCCCN)C(=O)N[C@@H](CC(=O)O)C(=O)O. The van der Waals surface area contributed by atoms with E-state index in [0.717, 1.165) is 0 Å². The van der Waals surface area contributed by atoms with Gasteiger partial charge in [0, 0.05) is 29.9 Å². The molecule has 8 atom stereocenters. The van der Waals surface area contributed by atoms with Gasteiger partial charge < -0.3 is 74.1 Å². The summed E-state index contributed by atoms with van der Waals surface area (Å²) in [5.74, 6) is -13.8. The van der Waals surface area contributed by atoms with Crippen LogP contribution in [0, 0.1) is 5.92 Å². The van der Waals surface area contributed by atoms with Gasteiger partial charge in [-0.05, 0) is 48.9 Å². The molecule has 0 aliphatic carbocycles. The van der Waals surface area contributed by atoms with E-state index in [1.165, 1.54) is 0 Å². The highest BCUT2D eigenvalue weighted by molar-refractivity contribution is 5.99. The lowest BCUT2D eigenvalue weighted by molar-refractivity contribution is -0.147. The normalized spacial score (nSPS) is 14.4. The van der Waals surface area contributed by atoms with Crippen molar-refractivity contribution in [2.75, 3.05) is 13.1 Å². The zero-order valence-electron chi connectivity index (χ0n) is 39.1. The number of carbonyl (C=O) groups is 11. The molecule has 1 aromatic heterocycles. The molecule has 3 aromatic rings. The van der Waals surface area contributed by atoms with Crippen LogP contribution in [0.4, 0.5) is 0 Å². The molecule has 3 rings (SSSR count). The smallest absolute Gasteiger partial charge is 0.326 e. The summed E-state index contributed by atoms with van der Waals surface area (Å²) in [6.45, 7) is 2.79. The molecular formula is C46H62N10O15. The lowest BCUT2D eigenvalue weighted by atomic mass is 9.98. The third-order valence-electron chi connectivity index (χ3n) is 11.2. The number of nitrogens with one attached hydrogen (secondary N) is 8. The molecular weight excluding hydrogens is 933 g/mol. The molecule has 0 aliphatic rings.